The SMILES string of the molecule is CCCCCc1ccc(C2CCC(OCC3CCC(C=CC#N)CC3)CC2)cc1. The summed E-state index contributed by atoms with van der Waals surface area (Å²) in [5.74, 6) is 2.06. The van der Waals surface area contributed by atoms with E-state index in [1.807, 2.05) is 0 Å². The fraction of sp³-hybridized carbons (Fsp3) is 0.667. The molecule has 158 valence electrons. The molecule has 0 N–H and O–H groups in total. The van der Waals surface area contributed by atoms with Crippen LogP contribution in [0.2, 0.25) is 0 Å². The molecule has 0 radical (unpaired) electrons. The number of aryl methyl sites for hydroxylation is 1. The number of rotatable bonds is 9. The van der Waals surface area contributed by atoms with E-state index in [2.05, 4.69) is 43.3 Å². The molecule has 1 aromatic rings. The first-order chi connectivity index (χ1) is 14.3. The van der Waals surface area contributed by atoms with Crippen LogP contribution in [0.3, 0.4) is 0 Å². The molecule has 0 spiro atoms. The third-order valence-corrected chi connectivity index (χ3v) is 7.10. The van der Waals surface area contributed by atoms with Gasteiger partial charge in [0, 0.05) is 12.7 Å². The van der Waals surface area contributed by atoms with E-state index in [0.717, 1.165) is 18.4 Å². The lowest BCUT2D eigenvalue weighted by Crippen LogP contribution is -2.25. The number of nitrogens with zero attached hydrogens (tertiary/aromatic N) is 1. The topological polar surface area (TPSA) is 33.0 Å². The summed E-state index contributed by atoms with van der Waals surface area (Å²) in [5, 5.41) is 8.66. The summed E-state index contributed by atoms with van der Waals surface area (Å²) in [4.78, 5) is 0. The van der Waals surface area contributed by atoms with Gasteiger partial charge in [0.25, 0.3) is 0 Å². The number of ether oxygens (including phenoxy) is 1. The summed E-state index contributed by atoms with van der Waals surface area (Å²) in [6, 6.07) is 11.6. The second-order valence-corrected chi connectivity index (χ2v) is 9.27. The number of hydrogen-bond acceptors (Lipinski definition) is 2. The maximum atomic E-state index is 8.66. The first-order valence-electron chi connectivity index (χ1n) is 12.0. The van der Waals surface area contributed by atoms with Crippen molar-refractivity contribution < 1.29 is 4.74 Å². The first kappa shape index (κ1) is 22.1. The molecule has 3 rings (SSSR count). The van der Waals surface area contributed by atoms with Crippen LogP contribution < -0.4 is 0 Å². The average molecular weight is 394 g/mol. The van der Waals surface area contributed by atoms with Gasteiger partial charge in [-0.3, -0.25) is 0 Å². The van der Waals surface area contributed by atoms with Crippen LogP contribution in [0.1, 0.15) is 94.6 Å². The minimum Gasteiger partial charge on any atom is -0.378 e. The predicted molar refractivity (Wildman–Crippen MR) is 121 cm³/mol. The van der Waals surface area contributed by atoms with Crippen LogP contribution in [0.15, 0.2) is 36.4 Å². The van der Waals surface area contributed by atoms with Gasteiger partial charge in [0.15, 0.2) is 0 Å². The molecular formula is C27H39NO. The maximum Gasteiger partial charge on any atom is 0.0908 e. The number of allylic oxidation sites excluding steroid dienone is 2. The van der Waals surface area contributed by atoms with E-state index in [0.29, 0.717) is 12.0 Å². The molecule has 2 aliphatic carbocycles. The molecule has 0 heterocycles. The molecule has 2 saturated carbocycles. The van der Waals surface area contributed by atoms with Crippen molar-refractivity contribution in [1.82, 2.24) is 0 Å². The highest BCUT2D eigenvalue weighted by atomic mass is 16.5. The number of unbranched alkanes of at least 4 members (excludes halogenated alkanes) is 2. The van der Waals surface area contributed by atoms with Gasteiger partial charge >= 0.3 is 0 Å². The number of hydrogen-bond donors (Lipinski definition) is 0. The lowest BCUT2D eigenvalue weighted by molar-refractivity contribution is -0.00337. The van der Waals surface area contributed by atoms with Crippen LogP contribution in [0.4, 0.5) is 0 Å². The minimum absolute atomic E-state index is 0.468. The standard InChI is InChI=1S/C27H39NO/c1-2-3-4-6-22-12-14-25(15-13-22)26-16-18-27(19-17-26)29-21-24-10-8-23(9-11-24)7-5-20-28/h5,7,12-15,23-24,26-27H,2-4,6,8-11,16-19,21H2,1H3. The molecule has 0 atom stereocenters. The van der Waals surface area contributed by atoms with Crippen LogP contribution >= 0.6 is 0 Å². The summed E-state index contributed by atoms with van der Waals surface area (Å²) < 4.78 is 6.33. The molecule has 0 unspecified atom stereocenters. The van der Waals surface area contributed by atoms with Gasteiger partial charge in [-0.1, -0.05) is 50.1 Å². The van der Waals surface area contributed by atoms with Gasteiger partial charge in [0.2, 0.25) is 0 Å². The zero-order valence-electron chi connectivity index (χ0n) is 18.3. The second kappa shape index (κ2) is 12.2. The van der Waals surface area contributed by atoms with Gasteiger partial charge in [0.1, 0.15) is 0 Å². The van der Waals surface area contributed by atoms with Gasteiger partial charge in [-0.2, -0.15) is 5.26 Å². The van der Waals surface area contributed by atoms with E-state index in [-0.39, 0.29) is 0 Å². The highest BCUT2D eigenvalue weighted by molar-refractivity contribution is 5.26. The quantitative estimate of drug-likeness (QED) is 0.324. The van der Waals surface area contributed by atoms with Gasteiger partial charge < -0.3 is 4.74 Å². The van der Waals surface area contributed by atoms with E-state index in [1.165, 1.54) is 88.2 Å². The third-order valence-electron chi connectivity index (χ3n) is 7.10. The van der Waals surface area contributed by atoms with Gasteiger partial charge in [-0.25, -0.2) is 0 Å². The van der Waals surface area contributed by atoms with Crippen molar-refractivity contribution in [3.8, 4) is 6.07 Å². The van der Waals surface area contributed by atoms with Crippen LogP contribution in [-0.4, -0.2) is 12.7 Å². The Morgan fingerprint density at radius 2 is 1.69 bits per heavy atom. The number of nitriles is 1. The van der Waals surface area contributed by atoms with Crippen molar-refractivity contribution in [2.24, 2.45) is 11.8 Å². The fourth-order valence-corrected chi connectivity index (χ4v) is 5.10. The van der Waals surface area contributed by atoms with Gasteiger partial charge in [-0.05, 0) is 93.1 Å². The van der Waals surface area contributed by atoms with E-state index in [9.17, 15) is 0 Å². The van der Waals surface area contributed by atoms with E-state index >= 15 is 0 Å². The normalized spacial score (nSPS) is 27.7. The third kappa shape index (κ3) is 7.31. The highest BCUT2D eigenvalue weighted by Crippen LogP contribution is 2.35. The Morgan fingerprint density at radius 3 is 2.34 bits per heavy atom. The molecule has 0 aliphatic heterocycles. The molecule has 2 heteroatoms. The van der Waals surface area contributed by atoms with Crippen LogP contribution in [0, 0.1) is 23.2 Å². The summed E-state index contributed by atoms with van der Waals surface area (Å²) in [6.45, 7) is 3.21. The maximum absolute atomic E-state index is 8.66. The molecular weight excluding hydrogens is 354 g/mol. The summed E-state index contributed by atoms with van der Waals surface area (Å²) in [5.41, 5.74) is 3.03. The molecule has 2 fully saturated rings. The smallest absolute Gasteiger partial charge is 0.0908 e. The molecule has 1 aromatic carbocycles. The molecule has 0 bridgehead atoms. The van der Waals surface area contributed by atoms with Crippen LogP contribution in [-0.2, 0) is 11.2 Å². The van der Waals surface area contributed by atoms with E-state index < -0.39 is 0 Å². The van der Waals surface area contributed by atoms with Crippen LogP contribution in [0.25, 0.3) is 0 Å². The van der Waals surface area contributed by atoms with E-state index in [1.54, 1.807) is 6.08 Å². The molecule has 29 heavy (non-hydrogen) atoms. The minimum atomic E-state index is 0.468. The zero-order chi connectivity index (χ0) is 20.3. The number of benzene rings is 1. The summed E-state index contributed by atoms with van der Waals surface area (Å²) in [7, 11) is 0. The lowest BCUT2D eigenvalue weighted by atomic mass is 9.81. The Morgan fingerprint density at radius 1 is 0.966 bits per heavy atom. The largest absolute Gasteiger partial charge is 0.378 e. The molecule has 0 amide bonds. The zero-order valence-corrected chi connectivity index (χ0v) is 18.3. The van der Waals surface area contributed by atoms with Gasteiger partial charge in [-0.15, -0.1) is 0 Å². The molecule has 2 nitrogen and oxygen atoms in total. The van der Waals surface area contributed by atoms with Crippen molar-refractivity contribution in [2.75, 3.05) is 6.61 Å². The Kier molecular flexibility index (Phi) is 9.29. The van der Waals surface area contributed by atoms with Crippen molar-refractivity contribution in [2.45, 2.75) is 96.0 Å². The lowest BCUT2D eigenvalue weighted by Gasteiger charge is -2.32. The fourth-order valence-electron chi connectivity index (χ4n) is 5.10. The first-order valence-corrected chi connectivity index (χ1v) is 12.0. The summed E-state index contributed by atoms with van der Waals surface area (Å²) >= 11 is 0. The Bertz CT molecular complexity index is 640. The Balaban J connectivity index is 1.33. The van der Waals surface area contributed by atoms with Crippen molar-refractivity contribution in [1.29, 1.82) is 5.26 Å². The average Bonchev–Trinajstić information content (AvgIpc) is 2.78. The van der Waals surface area contributed by atoms with Gasteiger partial charge in [0.05, 0.1) is 12.2 Å². The molecule has 0 saturated heterocycles. The molecule has 0 aromatic heterocycles. The highest BCUT2D eigenvalue weighted by Gasteiger charge is 2.25. The van der Waals surface area contributed by atoms with Crippen LogP contribution in [0.5, 0.6) is 0 Å². The second-order valence-electron chi connectivity index (χ2n) is 9.27. The molecule has 2 aliphatic rings. The van der Waals surface area contributed by atoms with E-state index in [4.69, 9.17) is 10.00 Å². The Labute approximate surface area is 178 Å². The predicted octanol–water partition coefficient (Wildman–Crippen LogP) is 7.35. The van der Waals surface area contributed by atoms with Crippen molar-refractivity contribution in [3.05, 3.63) is 47.5 Å². The Hall–Kier alpha value is -1.59. The summed E-state index contributed by atoms with van der Waals surface area (Å²) in [6.07, 6.45) is 19.3. The van der Waals surface area contributed by atoms with Crippen molar-refractivity contribution in [3.63, 3.8) is 0 Å². The monoisotopic (exact) mass is 393 g/mol. The van der Waals surface area contributed by atoms with Crippen molar-refractivity contribution >= 4 is 0 Å².